The molecule has 0 radical (unpaired) electrons. The zero-order valence-electron chi connectivity index (χ0n) is 8.56. The van der Waals surface area contributed by atoms with E-state index in [0.717, 1.165) is 4.90 Å². The minimum absolute atomic E-state index is 0.0567. The number of aromatic nitrogens is 1. The van der Waals surface area contributed by atoms with Gasteiger partial charge in [-0.3, -0.25) is 9.59 Å². The lowest BCUT2D eigenvalue weighted by Crippen LogP contribution is -2.33. The highest BCUT2D eigenvalue weighted by Crippen LogP contribution is 2.02. The number of rotatable bonds is 4. The highest BCUT2D eigenvalue weighted by molar-refractivity contribution is 5.82. The largest absolute Gasteiger partial charge is 0.480 e. The molecule has 1 aromatic heterocycles. The van der Waals surface area contributed by atoms with Crippen LogP contribution < -0.4 is 0 Å². The molecule has 0 atom stereocenters. The summed E-state index contributed by atoms with van der Waals surface area (Å²) in [6.07, 6.45) is 1.45. The minimum Gasteiger partial charge on any atom is -0.480 e. The van der Waals surface area contributed by atoms with Crippen molar-refractivity contribution in [1.29, 1.82) is 0 Å². The summed E-state index contributed by atoms with van der Waals surface area (Å²) in [5, 5.41) is 8.47. The van der Waals surface area contributed by atoms with Crippen LogP contribution in [0.15, 0.2) is 10.7 Å². The maximum atomic E-state index is 11.4. The summed E-state index contributed by atoms with van der Waals surface area (Å²) < 4.78 is 4.93. The molecule has 0 spiro atoms. The molecule has 0 aliphatic carbocycles. The van der Waals surface area contributed by atoms with E-state index in [-0.39, 0.29) is 18.9 Å². The Hall–Kier alpha value is -1.85. The van der Waals surface area contributed by atoms with Crippen molar-refractivity contribution in [3.05, 3.63) is 17.8 Å². The summed E-state index contributed by atoms with van der Waals surface area (Å²) in [6, 6.07) is 0. The summed E-state index contributed by atoms with van der Waals surface area (Å²) in [4.78, 5) is 26.9. The standard InChI is InChI=1S/C9H12N2O4/c1-6-10-7(5-15-6)3-8(12)11(2)4-9(13)14/h5H,3-4H2,1-2H3,(H,13,14). The number of hydrogen-bond donors (Lipinski definition) is 1. The lowest BCUT2D eigenvalue weighted by Gasteiger charge is -2.12. The van der Waals surface area contributed by atoms with Crippen molar-refractivity contribution in [2.75, 3.05) is 13.6 Å². The van der Waals surface area contributed by atoms with Crippen LogP contribution >= 0.6 is 0 Å². The van der Waals surface area contributed by atoms with Crippen molar-refractivity contribution in [1.82, 2.24) is 9.88 Å². The first kappa shape index (κ1) is 11.2. The first-order chi connectivity index (χ1) is 6.99. The van der Waals surface area contributed by atoms with Gasteiger partial charge in [-0.25, -0.2) is 4.98 Å². The van der Waals surface area contributed by atoms with Crippen LogP contribution in [0, 0.1) is 6.92 Å². The second-order valence-corrected chi connectivity index (χ2v) is 3.18. The predicted molar refractivity (Wildman–Crippen MR) is 50.2 cm³/mol. The molecule has 0 aliphatic heterocycles. The van der Waals surface area contributed by atoms with Crippen molar-refractivity contribution < 1.29 is 19.1 Å². The number of carbonyl (C=O) groups is 2. The molecule has 82 valence electrons. The van der Waals surface area contributed by atoms with E-state index in [1.807, 2.05) is 0 Å². The lowest BCUT2D eigenvalue weighted by molar-refractivity contribution is -0.143. The fourth-order valence-electron chi connectivity index (χ4n) is 1.07. The molecular formula is C9H12N2O4. The smallest absolute Gasteiger partial charge is 0.323 e. The summed E-state index contributed by atoms with van der Waals surface area (Å²) >= 11 is 0. The fourth-order valence-corrected chi connectivity index (χ4v) is 1.07. The molecule has 6 heteroatoms. The zero-order valence-corrected chi connectivity index (χ0v) is 8.56. The number of hydrogen-bond acceptors (Lipinski definition) is 4. The lowest BCUT2D eigenvalue weighted by atomic mass is 10.3. The SMILES string of the molecule is Cc1nc(CC(=O)N(C)CC(=O)O)co1. The Morgan fingerprint density at radius 3 is 2.73 bits per heavy atom. The maximum Gasteiger partial charge on any atom is 0.323 e. The average molecular weight is 212 g/mol. The van der Waals surface area contributed by atoms with Gasteiger partial charge in [-0.2, -0.15) is 0 Å². The van der Waals surface area contributed by atoms with Crippen LogP contribution in [-0.2, 0) is 16.0 Å². The topological polar surface area (TPSA) is 83.6 Å². The molecule has 1 heterocycles. The number of likely N-dealkylation sites (N-methyl/N-ethyl adjacent to an activating group) is 1. The number of carboxylic acid groups (broad SMARTS) is 1. The first-order valence-corrected chi connectivity index (χ1v) is 4.36. The zero-order chi connectivity index (χ0) is 11.4. The fraction of sp³-hybridized carbons (Fsp3) is 0.444. The highest BCUT2D eigenvalue weighted by Gasteiger charge is 2.14. The second kappa shape index (κ2) is 4.59. The molecule has 0 bridgehead atoms. The number of oxazole rings is 1. The molecule has 15 heavy (non-hydrogen) atoms. The van der Waals surface area contributed by atoms with E-state index >= 15 is 0 Å². The van der Waals surface area contributed by atoms with Gasteiger partial charge in [0.2, 0.25) is 5.91 Å². The molecule has 0 unspecified atom stereocenters. The molecular weight excluding hydrogens is 200 g/mol. The van der Waals surface area contributed by atoms with Crippen molar-refractivity contribution in [3.8, 4) is 0 Å². The van der Waals surface area contributed by atoms with Crippen LogP contribution in [0.1, 0.15) is 11.6 Å². The van der Waals surface area contributed by atoms with E-state index in [0.29, 0.717) is 11.6 Å². The molecule has 1 aromatic rings. The Balaban J connectivity index is 2.52. The van der Waals surface area contributed by atoms with Crippen LogP contribution in [0.3, 0.4) is 0 Å². The van der Waals surface area contributed by atoms with E-state index in [1.165, 1.54) is 13.3 Å². The number of nitrogens with zero attached hydrogens (tertiary/aromatic N) is 2. The second-order valence-electron chi connectivity index (χ2n) is 3.18. The van der Waals surface area contributed by atoms with E-state index in [4.69, 9.17) is 9.52 Å². The van der Waals surface area contributed by atoms with Crippen LogP contribution in [0.25, 0.3) is 0 Å². The van der Waals surface area contributed by atoms with Gasteiger partial charge in [0.1, 0.15) is 12.8 Å². The van der Waals surface area contributed by atoms with Gasteiger partial charge in [0.05, 0.1) is 12.1 Å². The molecule has 0 saturated heterocycles. The van der Waals surface area contributed by atoms with Crippen molar-refractivity contribution >= 4 is 11.9 Å². The Morgan fingerprint density at radius 1 is 1.60 bits per heavy atom. The summed E-state index contributed by atoms with van der Waals surface area (Å²) in [7, 11) is 1.43. The Kier molecular flexibility index (Phi) is 3.43. The highest BCUT2D eigenvalue weighted by atomic mass is 16.4. The third kappa shape index (κ3) is 3.41. The van der Waals surface area contributed by atoms with E-state index in [9.17, 15) is 9.59 Å². The Labute approximate surface area is 86.5 Å². The van der Waals surface area contributed by atoms with Gasteiger partial charge in [-0.1, -0.05) is 0 Å². The molecule has 1 amide bonds. The number of carbonyl (C=O) groups excluding carboxylic acids is 1. The van der Waals surface area contributed by atoms with E-state index < -0.39 is 5.97 Å². The first-order valence-electron chi connectivity index (χ1n) is 4.36. The van der Waals surface area contributed by atoms with Crippen LogP contribution in [0.5, 0.6) is 0 Å². The normalized spacial score (nSPS) is 10.0. The van der Waals surface area contributed by atoms with Gasteiger partial charge in [-0.05, 0) is 0 Å². The molecule has 0 aliphatic rings. The van der Waals surface area contributed by atoms with Crippen LogP contribution in [0.4, 0.5) is 0 Å². The summed E-state index contributed by atoms with van der Waals surface area (Å²) in [5.74, 6) is -0.855. The Bertz CT molecular complexity index is 372. The number of aliphatic carboxylic acids is 1. The monoisotopic (exact) mass is 212 g/mol. The van der Waals surface area contributed by atoms with E-state index in [2.05, 4.69) is 4.98 Å². The Morgan fingerprint density at radius 2 is 2.27 bits per heavy atom. The van der Waals surface area contributed by atoms with Gasteiger partial charge < -0.3 is 14.4 Å². The number of carboxylic acids is 1. The van der Waals surface area contributed by atoms with Crippen molar-refractivity contribution in [2.45, 2.75) is 13.3 Å². The van der Waals surface area contributed by atoms with Gasteiger partial charge in [0.25, 0.3) is 0 Å². The third-order valence-electron chi connectivity index (χ3n) is 1.80. The van der Waals surface area contributed by atoms with Crippen molar-refractivity contribution in [2.24, 2.45) is 0 Å². The quantitative estimate of drug-likeness (QED) is 0.763. The molecule has 0 saturated carbocycles. The molecule has 1 N–H and O–H groups in total. The summed E-state index contributed by atoms with van der Waals surface area (Å²) in [5.41, 5.74) is 0.509. The van der Waals surface area contributed by atoms with Gasteiger partial charge >= 0.3 is 5.97 Å². The van der Waals surface area contributed by atoms with Crippen molar-refractivity contribution in [3.63, 3.8) is 0 Å². The van der Waals surface area contributed by atoms with Gasteiger partial charge in [-0.15, -0.1) is 0 Å². The number of amides is 1. The summed E-state index contributed by atoms with van der Waals surface area (Å²) in [6.45, 7) is 1.37. The predicted octanol–water partition coefficient (Wildman–Crippen LogP) is 0.0685. The third-order valence-corrected chi connectivity index (χ3v) is 1.80. The molecule has 6 nitrogen and oxygen atoms in total. The molecule has 0 fully saturated rings. The van der Waals surface area contributed by atoms with E-state index in [1.54, 1.807) is 6.92 Å². The van der Waals surface area contributed by atoms with Gasteiger partial charge in [0.15, 0.2) is 5.89 Å². The van der Waals surface area contributed by atoms with Crippen LogP contribution in [0.2, 0.25) is 0 Å². The molecule has 0 aromatic carbocycles. The average Bonchev–Trinajstić information content (AvgIpc) is 2.50. The maximum absolute atomic E-state index is 11.4. The van der Waals surface area contributed by atoms with Crippen LogP contribution in [-0.4, -0.2) is 40.5 Å². The van der Waals surface area contributed by atoms with Gasteiger partial charge in [0, 0.05) is 14.0 Å². The minimum atomic E-state index is -1.04. The molecule has 1 rings (SSSR count). The number of aryl methyl sites for hydroxylation is 1.